The van der Waals surface area contributed by atoms with Crippen molar-refractivity contribution >= 4 is 15.9 Å². The highest BCUT2D eigenvalue weighted by atomic mass is 32.2. The monoisotopic (exact) mass is 379 g/mol. The molecule has 2 aliphatic rings. The maximum absolute atomic E-state index is 12.8. The van der Waals surface area contributed by atoms with Crippen molar-refractivity contribution in [1.29, 1.82) is 0 Å². The smallest absolute Gasteiger partial charge is 0.243 e. The minimum Gasteiger partial charge on any atom is -0.340 e. The molecule has 144 valence electrons. The van der Waals surface area contributed by atoms with Crippen molar-refractivity contribution in [2.24, 2.45) is 5.92 Å². The fraction of sp³-hybridized carbons (Fsp3) is 0.632. The van der Waals surface area contributed by atoms with Gasteiger partial charge in [-0.1, -0.05) is 24.6 Å². The van der Waals surface area contributed by atoms with Crippen LogP contribution >= 0.6 is 0 Å². The Labute approximate surface area is 156 Å². The summed E-state index contributed by atoms with van der Waals surface area (Å²) >= 11 is 0. The van der Waals surface area contributed by atoms with Gasteiger partial charge in [0.25, 0.3) is 0 Å². The number of amides is 1. The lowest BCUT2D eigenvalue weighted by atomic mass is 9.96. The number of carbonyl (C=O) groups excluding carboxylic acids is 1. The summed E-state index contributed by atoms with van der Waals surface area (Å²) in [6.45, 7) is 9.38. The maximum atomic E-state index is 12.8. The van der Waals surface area contributed by atoms with E-state index in [0.717, 1.165) is 38.3 Å². The zero-order chi connectivity index (χ0) is 18.7. The third-order valence-electron chi connectivity index (χ3n) is 5.59. The van der Waals surface area contributed by atoms with Crippen LogP contribution in [0.2, 0.25) is 0 Å². The summed E-state index contributed by atoms with van der Waals surface area (Å²) in [7, 11) is -3.46. The van der Waals surface area contributed by atoms with E-state index in [1.807, 2.05) is 24.0 Å². The van der Waals surface area contributed by atoms with Crippen molar-refractivity contribution in [1.82, 2.24) is 14.1 Å². The molecule has 0 atom stereocenters. The molecule has 0 aliphatic carbocycles. The fourth-order valence-corrected chi connectivity index (χ4v) is 5.21. The zero-order valence-electron chi connectivity index (χ0n) is 15.7. The fourth-order valence-electron chi connectivity index (χ4n) is 3.75. The molecule has 0 radical (unpaired) electrons. The van der Waals surface area contributed by atoms with Gasteiger partial charge in [0.1, 0.15) is 0 Å². The van der Waals surface area contributed by atoms with Crippen LogP contribution in [0.5, 0.6) is 0 Å². The second-order valence-corrected chi connectivity index (χ2v) is 9.19. The predicted octanol–water partition coefficient (Wildman–Crippen LogP) is 1.56. The van der Waals surface area contributed by atoms with E-state index < -0.39 is 10.0 Å². The third kappa shape index (κ3) is 4.10. The molecule has 0 spiro atoms. The van der Waals surface area contributed by atoms with Gasteiger partial charge in [-0.15, -0.1) is 0 Å². The summed E-state index contributed by atoms with van der Waals surface area (Å²) in [4.78, 5) is 17.4. The van der Waals surface area contributed by atoms with Crippen LogP contribution in [0.25, 0.3) is 0 Å². The molecular formula is C19H29N3O3S. The highest BCUT2D eigenvalue weighted by molar-refractivity contribution is 7.89. The summed E-state index contributed by atoms with van der Waals surface area (Å²) < 4.78 is 27.1. The molecule has 1 amide bonds. The zero-order valence-corrected chi connectivity index (χ0v) is 16.5. The number of hydrogen-bond acceptors (Lipinski definition) is 4. The first-order valence-electron chi connectivity index (χ1n) is 9.50. The lowest BCUT2D eigenvalue weighted by Crippen LogP contribution is -2.51. The van der Waals surface area contributed by atoms with Crippen molar-refractivity contribution in [2.45, 2.75) is 31.6 Å². The van der Waals surface area contributed by atoms with Gasteiger partial charge in [-0.05, 0) is 38.4 Å². The van der Waals surface area contributed by atoms with Crippen LogP contribution in [-0.2, 0) is 14.8 Å². The van der Waals surface area contributed by atoms with Gasteiger partial charge in [-0.3, -0.25) is 4.79 Å². The van der Waals surface area contributed by atoms with Gasteiger partial charge in [0.05, 0.1) is 4.90 Å². The lowest BCUT2D eigenvalue weighted by Gasteiger charge is -2.38. The van der Waals surface area contributed by atoms with Gasteiger partial charge >= 0.3 is 0 Å². The predicted molar refractivity (Wildman–Crippen MR) is 101 cm³/mol. The van der Waals surface area contributed by atoms with Gasteiger partial charge < -0.3 is 9.80 Å². The molecule has 2 aliphatic heterocycles. The van der Waals surface area contributed by atoms with Crippen molar-refractivity contribution < 1.29 is 13.2 Å². The van der Waals surface area contributed by atoms with Gasteiger partial charge in [-0.25, -0.2) is 8.42 Å². The van der Waals surface area contributed by atoms with Gasteiger partial charge in [0.15, 0.2) is 0 Å². The molecule has 1 aromatic carbocycles. The molecule has 0 bridgehead atoms. The number of benzene rings is 1. The van der Waals surface area contributed by atoms with Crippen molar-refractivity contribution in [3.8, 4) is 0 Å². The number of sulfonamides is 1. The van der Waals surface area contributed by atoms with Crippen LogP contribution < -0.4 is 0 Å². The van der Waals surface area contributed by atoms with Crippen molar-refractivity contribution in [3.05, 3.63) is 29.8 Å². The number of rotatable bonds is 4. The Hall–Kier alpha value is -1.44. The Balaban J connectivity index is 1.57. The third-order valence-corrected chi connectivity index (χ3v) is 7.51. The second-order valence-electron chi connectivity index (χ2n) is 7.25. The first-order valence-corrected chi connectivity index (χ1v) is 10.9. The summed E-state index contributed by atoms with van der Waals surface area (Å²) in [5.41, 5.74) is 1.04. The quantitative estimate of drug-likeness (QED) is 0.797. The largest absolute Gasteiger partial charge is 0.340 e. The van der Waals surface area contributed by atoms with E-state index in [-0.39, 0.29) is 11.8 Å². The van der Waals surface area contributed by atoms with E-state index in [4.69, 9.17) is 0 Å². The van der Waals surface area contributed by atoms with E-state index in [0.29, 0.717) is 30.8 Å². The van der Waals surface area contributed by atoms with E-state index in [1.165, 1.54) is 4.31 Å². The van der Waals surface area contributed by atoms with E-state index >= 15 is 0 Å². The molecule has 0 unspecified atom stereocenters. The molecule has 3 rings (SSSR count). The Morgan fingerprint density at radius 2 is 1.58 bits per heavy atom. The first-order chi connectivity index (χ1) is 12.4. The van der Waals surface area contributed by atoms with Gasteiger partial charge in [0, 0.05) is 45.2 Å². The highest BCUT2D eigenvalue weighted by Crippen LogP contribution is 2.25. The van der Waals surface area contributed by atoms with E-state index in [1.54, 1.807) is 12.1 Å². The van der Waals surface area contributed by atoms with Crippen LogP contribution in [0.3, 0.4) is 0 Å². The molecule has 7 heteroatoms. The summed E-state index contributed by atoms with van der Waals surface area (Å²) in [6, 6.07) is 6.96. The number of likely N-dealkylation sites (N-methyl/N-ethyl adjacent to an activating group) is 1. The average Bonchev–Trinajstić information content (AvgIpc) is 2.68. The minimum atomic E-state index is -3.46. The van der Waals surface area contributed by atoms with Crippen molar-refractivity contribution in [2.75, 3.05) is 45.8 Å². The van der Waals surface area contributed by atoms with Crippen LogP contribution in [0.15, 0.2) is 29.2 Å². The Morgan fingerprint density at radius 3 is 2.12 bits per heavy atom. The lowest BCUT2D eigenvalue weighted by molar-refractivity contribution is -0.138. The van der Waals surface area contributed by atoms with Crippen molar-refractivity contribution in [3.63, 3.8) is 0 Å². The first kappa shape index (κ1) is 19.3. The standard InChI is InChI=1S/C19H29N3O3S/c1-3-20-12-14-21(15-13-20)19(23)17-8-10-22(11-9-17)26(24,25)18-6-4-16(2)5-7-18/h4-7,17H,3,8-15H2,1-2H3. The van der Waals surface area contributed by atoms with E-state index in [9.17, 15) is 13.2 Å². The number of carbonyl (C=O) groups is 1. The number of piperidine rings is 1. The summed E-state index contributed by atoms with van der Waals surface area (Å²) in [5.74, 6) is 0.154. The Bertz CT molecular complexity index is 717. The normalized spacial score (nSPS) is 21.1. The van der Waals surface area contributed by atoms with E-state index in [2.05, 4.69) is 11.8 Å². The number of nitrogens with zero attached hydrogens (tertiary/aromatic N) is 3. The number of aryl methyl sites for hydroxylation is 1. The molecule has 6 nitrogen and oxygen atoms in total. The van der Waals surface area contributed by atoms with Crippen LogP contribution in [0, 0.1) is 12.8 Å². The molecule has 0 saturated carbocycles. The molecule has 1 aromatic rings. The topological polar surface area (TPSA) is 60.9 Å². The Morgan fingerprint density at radius 1 is 1.00 bits per heavy atom. The maximum Gasteiger partial charge on any atom is 0.243 e. The summed E-state index contributed by atoms with van der Waals surface area (Å²) in [5, 5.41) is 0. The van der Waals surface area contributed by atoms with Crippen LogP contribution in [0.1, 0.15) is 25.3 Å². The number of piperazine rings is 1. The van der Waals surface area contributed by atoms with Crippen LogP contribution in [-0.4, -0.2) is 74.2 Å². The molecule has 26 heavy (non-hydrogen) atoms. The molecule has 2 fully saturated rings. The van der Waals surface area contributed by atoms with Gasteiger partial charge in [-0.2, -0.15) is 4.31 Å². The minimum absolute atomic E-state index is 0.0485. The molecular weight excluding hydrogens is 350 g/mol. The van der Waals surface area contributed by atoms with Crippen LogP contribution in [0.4, 0.5) is 0 Å². The molecule has 2 heterocycles. The SMILES string of the molecule is CCN1CCN(C(=O)C2CCN(S(=O)(=O)c3ccc(C)cc3)CC2)CC1. The second kappa shape index (κ2) is 8.06. The molecule has 0 aromatic heterocycles. The highest BCUT2D eigenvalue weighted by Gasteiger charge is 2.34. The number of hydrogen-bond donors (Lipinski definition) is 0. The Kier molecular flexibility index (Phi) is 5.99. The summed E-state index contributed by atoms with van der Waals surface area (Å²) in [6.07, 6.45) is 1.22. The molecule has 0 N–H and O–H groups in total. The molecule has 2 saturated heterocycles. The average molecular weight is 380 g/mol. The van der Waals surface area contributed by atoms with Gasteiger partial charge in [0.2, 0.25) is 15.9 Å².